The first-order valence-corrected chi connectivity index (χ1v) is 13.6. The molecule has 1 aromatic rings. The first-order valence-electron chi connectivity index (χ1n) is 13.6. The maximum atomic E-state index is 14.2. The summed E-state index contributed by atoms with van der Waals surface area (Å²) in [7, 11) is 6.61. The number of carbonyl (C=O) groups excluding carboxylic acids is 3. The van der Waals surface area contributed by atoms with Crippen molar-refractivity contribution in [2.75, 3.05) is 39.6 Å². The van der Waals surface area contributed by atoms with Crippen molar-refractivity contribution in [2.24, 2.45) is 22.2 Å². The topological polar surface area (TPSA) is 213 Å². The van der Waals surface area contributed by atoms with Crippen LogP contribution < -0.4 is 16.0 Å². The third-order valence-electron chi connectivity index (χ3n) is 8.49. The molecule has 0 spiro atoms. The molecule has 0 bridgehead atoms. The molecule has 1 aromatic carbocycles. The van der Waals surface area contributed by atoms with Gasteiger partial charge in [-0.3, -0.25) is 19.3 Å². The van der Waals surface area contributed by atoms with Crippen LogP contribution in [-0.4, -0.2) is 94.7 Å². The Bertz CT molecular complexity index is 1460. The number of nitrogens with two attached hydrogens (primary N) is 1. The van der Waals surface area contributed by atoms with Gasteiger partial charge in [-0.05, 0) is 49.9 Å². The first kappa shape index (κ1) is 31.3. The largest absolute Gasteiger partial charge is 0.510 e. The Hall–Kier alpha value is -3.65. The maximum absolute atomic E-state index is 14.2. The average molecular weight is 585 g/mol. The lowest BCUT2D eigenvalue weighted by Crippen LogP contribution is -2.78. The van der Waals surface area contributed by atoms with E-state index in [4.69, 9.17) is 11.3 Å². The standard InChI is InChI=1S/C29H40N6O7/c1-27(2,3)12-32-11-14-9-16(34(4)5)15-8-13-10-28(30)23(35(6)7)22(38)19(26(41)33-31)25(40)29(28,42)24(39)17(13)21(37)18(15)20(14)36/h9,13,23,31-32,36,38-39,42H,8,10-12,30H2,1-7H3/t13-,23?,28+,29-/m0/s1. The number of carbonyl (C=O) groups is 3. The van der Waals surface area contributed by atoms with Crippen LogP contribution in [0.15, 0.2) is 33.8 Å². The zero-order valence-electron chi connectivity index (χ0n) is 25.0. The predicted octanol–water partition coefficient (Wildman–Crippen LogP) is 1.48. The van der Waals surface area contributed by atoms with Crippen molar-refractivity contribution >= 4 is 23.2 Å². The molecule has 0 radical (unpaired) electrons. The Morgan fingerprint density at radius 3 is 2.33 bits per heavy atom. The fraction of sp³-hybridized carbons (Fsp3) is 0.552. The quantitative estimate of drug-likeness (QED) is 0.188. The number of nitrogens with one attached hydrogen (secondary N) is 2. The number of phenolic OH excluding ortho intramolecular Hbond substituents is 1. The molecule has 1 unspecified atom stereocenters. The zero-order chi connectivity index (χ0) is 31.7. The number of anilines is 1. The fourth-order valence-corrected chi connectivity index (χ4v) is 6.70. The molecule has 4 rings (SSSR count). The van der Waals surface area contributed by atoms with E-state index in [1.54, 1.807) is 20.2 Å². The van der Waals surface area contributed by atoms with Gasteiger partial charge in [0.1, 0.15) is 22.8 Å². The maximum Gasteiger partial charge on any atom is 0.302 e. The Balaban J connectivity index is 1.95. The molecular weight excluding hydrogens is 544 g/mol. The minimum Gasteiger partial charge on any atom is -0.510 e. The summed E-state index contributed by atoms with van der Waals surface area (Å²) in [6.45, 7) is 7.06. The number of aliphatic hydroxyl groups excluding tert-OH is 2. The summed E-state index contributed by atoms with van der Waals surface area (Å²) < 4.78 is 0. The van der Waals surface area contributed by atoms with Crippen molar-refractivity contribution < 1.29 is 34.8 Å². The molecule has 3 aliphatic rings. The van der Waals surface area contributed by atoms with Crippen LogP contribution in [0.4, 0.5) is 5.69 Å². The van der Waals surface area contributed by atoms with Crippen molar-refractivity contribution in [3.63, 3.8) is 0 Å². The second-order valence-corrected chi connectivity index (χ2v) is 13.1. The molecule has 0 saturated heterocycles. The molecule has 0 heterocycles. The van der Waals surface area contributed by atoms with Gasteiger partial charge in [0.15, 0.2) is 5.78 Å². The lowest BCUT2D eigenvalue weighted by Gasteiger charge is -2.56. The molecule has 13 heteroatoms. The minimum absolute atomic E-state index is 0.0343. The highest BCUT2D eigenvalue weighted by Gasteiger charge is 2.70. The number of rotatable bonds is 6. The van der Waals surface area contributed by atoms with E-state index in [1.807, 2.05) is 4.90 Å². The van der Waals surface area contributed by atoms with Gasteiger partial charge in [0, 0.05) is 44.0 Å². The Kier molecular flexibility index (Phi) is 7.64. The molecule has 0 fully saturated rings. The molecule has 3 aliphatic carbocycles. The lowest BCUT2D eigenvalue weighted by atomic mass is 9.54. The summed E-state index contributed by atoms with van der Waals surface area (Å²) >= 11 is 0. The number of aliphatic hydroxyl groups is 3. The van der Waals surface area contributed by atoms with E-state index in [9.17, 15) is 34.8 Å². The van der Waals surface area contributed by atoms with Crippen molar-refractivity contribution in [3.8, 4) is 5.75 Å². The Morgan fingerprint density at radius 2 is 1.81 bits per heavy atom. The van der Waals surface area contributed by atoms with Crippen molar-refractivity contribution in [1.82, 2.24) is 10.2 Å². The number of hydrogen-bond acceptors (Lipinski definition) is 12. The predicted molar refractivity (Wildman–Crippen MR) is 154 cm³/mol. The van der Waals surface area contributed by atoms with Crippen LogP contribution in [0.2, 0.25) is 0 Å². The molecule has 13 nitrogen and oxygen atoms in total. The lowest BCUT2D eigenvalue weighted by molar-refractivity contribution is -0.152. The van der Waals surface area contributed by atoms with E-state index >= 15 is 0 Å². The monoisotopic (exact) mass is 584 g/mol. The van der Waals surface area contributed by atoms with E-state index in [0.29, 0.717) is 23.4 Å². The van der Waals surface area contributed by atoms with Crippen LogP contribution in [0.5, 0.6) is 5.75 Å². The van der Waals surface area contributed by atoms with Crippen molar-refractivity contribution in [2.45, 2.75) is 57.3 Å². The van der Waals surface area contributed by atoms with Crippen LogP contribution in [0.1, 0.15) is 48.7 Å². The number of benzene rings is 1. The number of likely N-dealkylation sites (N-methyl/N-ethyl adjacent to an activating group) is 1. The molecule has 4 atom stereocenters. The van der Waals surface area contributed by atoms with Crippen LogP contribution in [0.25, 0.3) is 0 Å². The van der Waals surface area contributed by atoms with E-state index in [2.05, 4.69) is 31.2 Å². The summed E-state index contributed by atoms with van der Waals surface area (Å²) in [6.07, 6.45) is -0.117. The number of phenols is 1. The number of Topliss-reactive ketones (excluding diaryl/α,β-unsaturated/α-hetero) is 2. The van der Waals surface area contributed by atoms with Gasteiger partial charge >= 0.3 is 5.91 Å². The molecule has 42 heavy (non-hydrogen) atoms. The van der Waals surface area contributed by atoms with Gasteiger partial charge in [0.05, 0.1) is 17.1 Å². The van der Waals surface area contributed by atoms with Crippen molar-refractivity contribution in [1.29, 1.82) is 5.53 Å². The summed E-state index contributed by atoms with van der Waals surface area (Å²) in [6, 6.07) is 0.436. The summed E-state index contributed by atoms with van der Waals surface area (Å²) in [5.74, 6) is -6.57. The summed E-state index contributed by atoms with van der Waals surface area (Å²) in [5, 5.41) is 52.0. The minimum atomic E-state index is -3.01. The van der Waals surface area contributed by atoms with Gasteiger partial charge < -0.3 is 36.4 Å². The SMILES string of the molecule is CN(C)c1cc(CNCC(C)(C)C)c(O)c2c1C[C@H]1C[C@@]3(N)C(N(C)C)C(O)=C(C(=O)N=N)C(=O)[C@@]3(O)C(O)=C1C2=O. The Morgan fingerprint density at radius 1 is 1.19 bits per heavy atom. The molecule has 8 N–H and O–H groups in total. The fourth-order valence-electron chi connectivity index (χ4n) is 6.70. The van der Waals surface area contributed by atoms with E-state index in [1.165, 1.54) is 19.0 Å². The van der Waals surface area contributed by atoms with Gasteiger partial charge in [-0.2, -0.15) is 0 Å². The summed E-state index contributed by atoms with van der Waals surface area (Å²) in [4.78, 5) is 43.5. The van der Waals surface area contributed by atoms with Gasteiger partial charge in [-0.15, -0.1) is 5.11 Å². The summed E-state index contributed by atoms with van der Waals surface area (Å²) in [5.41, 5.74) is 9.06. The third-order valence-corrected chi connectivity index (χ3v) is 8.49. The van der Waals surface area contributed by atoms with E-state index in [0.717, 1.165) is 0 Å². The number of aromatic hydroxyl groups is 1. The van der Waals surface area contributed by atoms with Crippen LogP contribution in [-0.2, 0) is 22.6 Å². The number of allylic oxidation sites excluding steroid dienone is 1. The molecular formula is C29H40N6O7. The van der Waals surface area contributed by atoms with Crippen LogP contribution >= 0.6 is 0 Å². The third kappa shape index (κ3) is 4.42. The molecule has 0 aromatic heterocycles. The number of nitrogens with zero attached hydrogens (tertiary/aromatic N) is 3. The molecule has 228 valence electrons. The normalized spacial score (nSPS) is 27.6. The van der Waals surface area contributed by atoms with Gasteiger partial charge in [0.2, 0.25) is 11.4 Å². The van der Waals surface area contributed by atoms with E-state index < -0.39 is 57.7 Å². The molecule has 0 saturated carbocycles. The number of hydrogen-bond donors (Lipinski definition) is 7. The van der Waals surface area contributed by atoms with Crippen molar-refractivity contribution in [3.05, 3.63) is 45.4 Å². The van der Waals surface area contributed by atoms with Crippen LogP contribution in [0, 0.1) is 16.9 Å². The highest BCUT2D eigenvalue weighted by Crippen LogP contribution is 2.54. The smallest absolute Gasteiger partial charge is 0.302 e. The van der Waals surface area contributed by atoms with Crippen LogP contribution in [0.3, 0.4) is 0 Å². The number of fused-ring (bicyclic) bond motifs is 3. The second-order valence-electron chi connectivity index (χ2n) is 13.1. The second kappa shape index (κ2) is 10.3. The zero-order valence-corrected chi connectivity index (χ0v) is 25.0. The number of ketones is 2. The van der Waals surface area contributed by atoms with Gasteiger partial charge in [-0.1, -0.05) is 20.8 Å². The number of amides is 1. The van der Waals surface area contributed by atoms with Gasteiger partial charge in [-0.25, -0.2) is 5.53 Å². The average Bonchev–Trinajstić information content (AvgIpc) is 2.86. The Labute approximate surface area is 244 Å². The molecule has 1 amide bonds. The molecule has 0 aliphatic heterocycles. The van der Waals surface area contributed by atoms with Gasteiger partial charge in [0.25, 0.3) is 0 Å². The first-order chi connectivity index (χ1) is 19.3. The highest BCUT2D eigenvalue weighted by molar-refractivity contribution is 6.26. The highest BCUT2D eigenvalue weighted by atomic mass is 16.4. The van der Waals surface area contributed by atoms with E-state index in [-0.39, 0.29) is 41.7 Å².